The van der Waals surface area contributed by atoms with Gasteiger partial charge >= 0.3 is 5.97 Å². The molecule has 8 heteroatoms. The van der Waals surface area contributed by atoms with Gasteiger partial charge in [0.2, 0.25) is 0 Å². The number of nitrogens with zero attached hydrogens (tertiary/aromatic N) is 3. The summed E-state index contributed by atoms with van der Waals surface area (Å²) >= 11 is 5.99. The van der Waals surface area contributed by atoms with Gasteiger partial charge in [0, 0.05) is 29.8 Å². The molecule has 2 aromatic heterocycles. The third-order valence-electron chi connectivity index (χ3n) is 5.49. The van der Waals surface area contributed by atoms with Crippen LogP contribution < -0.4 is 10.6 Å². The number of H-pyrrole nitrogens is 1. The van der Waals surface area contributed by atoms with Gasteiger partial charge in [0.25, 0.3) is 0 Å². The van der Waals surface area contributed by atoms with Gasteiger partial charge in [-0.2, -0.15) is 5.10 Å². The SMILES string of the molecule is CCOC(=O)c1cnc2[nH]ncc2c1N1CCC(N)(Cc2ccc(Cl)cc2)CC1. The second kappa shape index (κ2) is 8.00. The lowest BCUT2D eigenvalue weighted by atomic mass is 9.82. The Hall–Kier alpha value is -2.64. The summed E-state index contributed by atoms with van der Waals surface area (Å²) in [4.78, 5) is 19.0. The van der Waals surface area contributed by atoms with E-state index in [0.717, 1.165) is 48.4 Å². The van der Waals surface area contributed by atoms with Crippen LogP contribution in [0.25, 0.3) is 11.0 Å². The number of benzene rings is 1. The van der Waals surface area contributed by atoms with Crippen LogP contribution in [0.15, 0.2) is 36.7 Å². The normalized spacial score (nSPS) is 16.2. The summed E-state index contributed by atoms with van der Waals surface area (Å²) in [7, 11) is 0. The maximum atomic E-state index is 12.5. The van der Waals surface area contributed by atoms with Crippen LogP contribution in [0, 0.1) is 0 Å². The van der Waals surface area contributed by atoms with Crippen molar-refractivity contribution in [1.82, 2.24) is 15.2 Å². The monoisotopic (exact) mass is 413 g/mol. The molecule has 0 saturated carbocycles. The van der Waals surface area contributed by atoms with Crippen molar-refractivity contribution in [2.75, 3.05) is 24.6 Å². The van der Waals surface area contributed by atoms with Gasteiger partial charge in [-0.3, -0.25) is 5.10 Å². The zero-order valence-electron chi connectivity index (χ0n) is 16.3. The lowest BCUT2D eigenvalue weighted by Crippen LogP contribution is -2.52. The number of carbonyl (C=O) groups is 1. The second-order valence-corrected chi connectivity index (χ2v) is 7.96. The van der Waals surface area contributed by atoms with Crippen molar-refractivity contribution in [2.24, 2.45) is 5.73 Å². The predicted molar refractivity (Wildman–Crippen MR) is 113 cm³/mol. The lowest BCUT2D eigenvalue weighted by Gasteiger charge is -2.41. The van der Waals surface area contributed by atoms with Gasteiger partial charge in [-0.1, -0.05) is 23.7 Å². The first-order valence-electron chi connectivity index (χ1n) is 9.76. The summed E-state index contributed by atoms with van der Waals surface area (Å²) in [5.74, 6) is -0.371. The van der Waals surface area contributed by atoms with E-state index in [1.54, 1.807) is 19.3 Å². The Bertz CT molecular complexity index is 1010. The van der Waals surface area contributed by atoms with Crippen molar-refractivity contribution in [3.8, 4) is 0 Å². The predicted octanol–water partition coefficient (Wildman–Crippen LogP) is 3.33. The van der Waals surface area contributed by atoms with E-state index in [1.807, 2.05) is 24.3 Å². The molecule has 0 amide bonds. The highest BCUT2D eigenvalue weighted by Gasteiger charge is 2.33. The van der Waals surface area contributed by atoms with Gasteiger partial charge in [-0.15, -0.1) is 0 Å². The van der Waals surface area contributed by atoms with Crippen molar-refractivity contribution in [3.63, 3.8) is 0 Å². The first-order chi connectivity index (χ1) is 14.0. The summed E-state index contributed by atoms with van der Waals surface area (Å²) in [6, 6.07) is 7.85. The summed E-state index contributed by atoms with van der Waals surface area (Å²) in [6.45, 7) is 3.58. The Morgan fingerprint density at radius 1 is 1.28 bits per heavy atom. The van der Waals surface area contributed by atoms with Crippen LogP contribution in [0.3, 0.4) is 0 Å². The highest BCUT2D eigenvalue weighted by Crippen LogP contribution is 2.34. The average molecular weight is 414 g/mol. The molecular formula is C21H24ClN5O2. The molecule has 0 atom stereocenters. The van der Waals surface area contributed by atoms with E-state index in [-0.39, 0.29) is 11.5 Å². The van der Waals surface area contributed by atoms with E-state index in [0.29, 0.717) is 17.8 Å². The van der Waals surface area contributed by atoms with Crippen molar-refractivity contribution >= 4 is 34.3 Å². The third-order valence-corrected chi connectivity index (χ3v) is 5.74. The number of carbonyl (C=O) groups excluding carboxylic acids is 1. The molecule has 1 aliphatic rings. The smallest absolute Gasteiger partial charge is 0.341 e. The molecule has 0 bridgehead atoms. The number of fused-ring (bicyclic) bond motifs is 1. The van der Waals surface area contributed by atoms with E-state index >= 15 is 0 Å². The molecule has 3 aromatic rings. The molecule has 0 aliphatic carbocycles. The van der Waals surface area contributed by atoms with E-state index in [2.05, 4.69) is 20.1 Å². The van der Waals surface area contributed by atoms with Gasteiger partial charge in [-0.05, 0) is 43.9 Å². The van der Waals surface area contributed by atoms with Gasteiger partial charge < -0.3 is 15.4 Å². The Labute approximate surface area is 174 Å². The fourth-order valence-electron chi connectivity index (χ4n) is 3.95. The molecule has 3 heterocycles. The van der Waals surface area contributed by atoms with Crippen LogP contribution in [-0.4, -0.2) is 46.4 Å². The van der Waals surface area contributed by atoms with Gasteiger partial charge in [0.05, 0.1) is 23.9 Å². The molecule has 3 N–H and O–H groups in total. The number of rotatable bonds is 5. The molecule has 0 unspecified atom stereocenters. The number of halogens is 1. The van der Waals surface area contributed by atoms with Gasteiger partial charge in [0.15, 0.2) is 5.65 Å². The maximum Gasteiger partial charge on any atom is 0.341 e. The number of nitrogens with two attached hydrogens (primary N) is 1. The Kier molecular flexibility index (Phi) is 5.43. The third kappa shape index (κ3) is 4.06. The first kappa shape index (κ1) is 19.7. The molecule has 4 rings (SSSR count). The number of aromatic nitrogens is 3. The van der Waals surface area contributed by atoms with Crippen LogP contribution in [-0.2, 0) is 11.2 Å². The second-order valence-electron chi connectivity index (χ2n) is 7.53. The first-order valence-corrected chi connectivity index (χ1v) is 10.1. The molecule has 0 spiro atoms. The Morgan fingerprint density at radius 3 is 2.69 bits per heavy atom. The van der Waals surface area contributed by atoms with Crippen LogP contribution in [0.5, 0.6) is 0 Å². The zero-order valence-corrected chi connectivity index (χ0v) is 17.1. The topological polar surface area (TPSA) is 97.1 Å². The molecule has 29 heavy (non-hydrogen) atoms. The minimum atomic E-state index is -0.371. The van der Waals surface area contributed by atoms with E-state index in [1.165, 1.54) is 5.56 Å². The minimum Gasteiger partial charge on any atom is -0.462 e. The lowest BCUT2D eigenvalue weighted by molar-refractivity contribution is 0.0526. The number of piperidine rings is 1. The maximum absolute atomic E-state index is 12.5. The highest BCUT2D eigenvalue weighted by molar-refractivity contribution is 6.30. The van der Waals surface area contributed by atoms with Crippen molar-refractivity contribution in [1.29, 1.82) is 0 Å². The molecule has 152 valence electrons. The largest absolute Gasteiger partial charge is 0.462 e. The zero-order chi connectivity index (χ0) is 20.4. The van der Waals surface area contributed by atoms with Gasteiger partial charge in [0.1, 0.15) is 5.56 Å². The van der Waals surface area contributed by atoms with Crippen LogP contribution in [0.2, 0.25) is 5.02 Å². The Balaban J connectivity index is 1.57. The number of esters is 1. The van der Waals surface area contributed by atoms with E-state index in [9.17, 15) is 4.79 Å². The molecule has 0 radical (unpaired) electrons. The van der Waals surface area contributed by atoms with Crippen LogP contribution in [0.4, 0.5) is 5.69 Å². The molecule has 7 nitrogen and oxygen atoms in total. The molecule has 1 aliphatic heterocycles. The number of hydrogen-bond donors (Lipinski definition) is 2. The average Bonchev–Trinajstić information content (AvgIpc) is 3.19. The number of hydrogen-bond acceptors (Lipinski definition) is 6. The summed E-state index contributed by atoms with van der Waals surface area (Å²) in [6.07, 6.45) is 5.67. The summed E-state index contributed by atoms with van der Waals surface area (Å²) in [5.41, 5.74) is 9.54. The molecular weight excluding hydrogens is 390 g/mol. The van der Waals surface area contributed by atoms with Crippen LogP contribution >= 0.6 is 11.6 Å². The minimum absolute atomic E-state index is 0.295. The van der Waals surface area contributed by atoms with E-state index < -0.39 is 0 Å². The van der Waals surface area contributed by atoms with Gasteiger partial charge in [-0.25, -0.2) is 9.78 Å². The fourth-order valence-corrected chi connectivity index (χ4v) is 4.07. The molecule has 1 aromatic carbocycles. The molecule has 1 fully saturated rings. The van der Waals surface area contributed by atoms with Crippen molar-refractivity contribution < 1.29 is 9.53 Å². The summed E-state index contributed by atoms with van der Waals surface area (Å²) < 4.78 is 5.24. The van der Waals surface area contributed by atoms with Crippen molar-refractivity contribution in [3.05, 3.63) is 52.8 Å². The Morgan fingerprint density at radius 2 is 2.00 bits per heavy atom. The van der Waals surface area contributed by atoms with E-state index in [4.69, 9.17) is 22.1 Å². The highest BCUT2D eigenvalue weighted by atomic mass is 35.5. The number of anilines is 1. The van der Waals surface area contributed by atoms with Crippen molar-refractivity contribution in [2.45, 2.75) is 31.7 Å². The number of ether oxygens (including phenoxy) is 1. The summed E-state index contributed by atoms with van der Waals surface area (Å²) in [5, 5.41) is 8.51. The number of aromatic amines is 1. The standard InChI is InChI=1S/C21H24ClN5O2/c1-2-29-20(28)17-12-24-19-16(13-25-26-19)18(17)27-9-7-21(23,8-10-27)11-14-3-5-15(22)6-4-14/h3-6,12-13H,2,7-11,23H2,1H3,(H,24,25,26). The quantitative estimate of drug-likeness (QED) is 0.622. The number of nitrogens with one attached hydrogen (secondary N) is 1. The van der Waals surface area contributed by atoms with Crippen LogP contribution in [0.1, 0.15) is 35.7 Å². The molecule has 1 saturated heterocycles. The fraction of sp³-hybridized carbons (Fsp3) is 0.381. The number of pyridine rings is 1.